The molecule has 0 spiro atoms. The highest BCUT2D eigenvalue weighted by atomic mass is 16.5. The van der Waals surface area contributed by atoms with Crippen molar-refractivity contribution in [1.29, 1.82) is 0 Å². The van der Waals surface area contributed by atoms with Crippen LogP contribution in [0.3, 0.4) is 0 Å². The van der Waals surface area contributed by atoms with Crippen molar-refractivity contribution in [2.24, 2.45) is 5.92 Å². The van der Waals surface area contributed by atoms with Crippen LogP contribution >= 0.6 is 0 Å². The van der Waals surface area contributed by atoms with Crippen LogP contribution in [0.2, 0.25) is 0 Å². The molecule has 1 N–H and O–H groups in total. The van der Waals surface area contributed by atoms with E-state index in [0.717, 1.165) is 18.4 Å². The fourth-order valence-electron chi connectivity index (χ4n) is 4.34. The standard InChI is InChI=1S/C23H25NO4/c25-22(17-9-6-12-19(13-17)28-18-10-4-5-11-18)24-14-20(21(15-24)23(26)27)16-7-2-1-3-8-16/h1-3,6-9,12-13,18,20-21H,4-5,10-11,14-15H2,(H,26,27). The second-order valence-electron chi connectivity index (χ2n) is 7.72. The van der Waals surface area contributed by atoms with Crippen molar-refractivity contribution in [2.45, 2.75) is 37.7 Å². The highest BCUT2D eigenvalue weighted by Gasteiger charge is 2.40. The zero-order valence-corrected chi connectivity index (χ0v) is 15.8. The number of ether oxygens (including phenoxy) is 1. The fraction of sp³-hybridized carbons (Fsp3) is 0.391. The summed E-state index contributed by atoms with van der Waals surface area (Å²) >= 11 is 0. The Morgan fingerprint density at radius 3 is 2.43 bits per heavy atom. The van der Waals surface area contributed by atoms with E-state index in [1.54, 1.807) is 17.0 Å². The molecule has 1 saturated carbocycles. The van der Waals surface area contributed by atoms with Crippen LogP contribution in [0.15, 0.2) is 54.6 Å². The molecule has 2 unspecified atom stereocenters. The summed E-state index contributed by atoms with van der Waals surface area (Å²) in [6.07, 6.45) is 4.73. The van der Waals surface area contributed by atoms with Gasteiger partial charge in [-0.2, -0.15) is 0 Å². The summed E-state index contributed by atoms with van der Waals surface area (Å²) in [6.45, 7) is 0.634. The van der Waals surface area contributed by atoms with Crippen molar-refractivity contribution in [3.05, 3.63) is 65.7 Å². The molecule has 1 amide bonds. The zero-order valence-electron chi connectivity index (χ0n) is 15.8. The summed E-state index contributed by atoms with van der Waals surface area (Å²) in [5, 5.41) is 9.66. The van der Waals surface area contributed by atoms with Gasteiger partial charge in [-0.05, 0) is 49.4 Å². The second-order valence-corrected chi connectivity index (χ2v) is 7.72. The zero-order chi connectivity index (χ0) is 19.5. The molecule has 0 radical (unpaired) electrons. The first-order valence-electron chi connectivity index (χ1n) is 9.95. The number of likely N-dealkylation sites (tertiary alicyclic amines) is 1. The number of hydrogen-bond acceptors (Lipinski definition) is 3. The van der Waals surface area contributed by atoms with Crippen LogP contribution in [0.5, 0.6) is 5.75 Å². The van der Waals surface area contributed by atoms with Crippen molar-refractivity contribution >= 4 is 11.9 Å². The van der Waals surface area contributed by atoms with E-state index in [0.29, 0.717) is 17.9 Å². The third-order valence-electron chi connectivity index (χ3n) is 5.84. The lowest BCUT2D eigenvalue weighted by Gasteiger charge is -2.18. The minimum Gasteiger partial charge on any atom is -0.490 e. The van der Waals surface area contributed by atoms with Crippen LogP contribution in [0.4, 0.5) is 0 Å². The van der Waals surface area contributed by atoms with E-state index in [2.05, 4.69) is 0 Å². The fourth-order valence-corrected chi connectivity index (χ4v) is 4.34. The van der Waals surface area contributed by atoms with Gasteiger partial charge < -0.3 is 14.7 Å². The number of benzene rings is 2. The quantitative estimate of drug-likeness (QED) is 0.854. The number of aliphatic carboxylic acids is 1. The van der Waals surface area contributed by atoms with Gasteiger partial charge in [-0.15, -0.1) is 0 Å². The van der Waals surface area contributed by atoms with Crippen LogP contribution in [0, 0.1) is 5.92 Å². The van der Waals surface area contributed by atoms with Crippen molar-refractivity contribution in [1.82, 2.24) is 4.90 Å². The summed E-state index contributed by atoms with van der Waals surface area (Å²) in [6, 6.07) is 16.9. The SMILES string of the molecule is O=C(O)C1CN(C(=O)c2cccc(OC3CCCC3)c2)CC1c1ccccc1. The van der Waals surface area contributed by atoms with Gasteiger partial charge in [0.2, 0.25) is 0 Å². The average Bonchev–Trinajstić information content (AvgIpc) is 3.38. The molecule has 0 bridgehead atoms. The van der Waals surface area contributed by atoms with Crippen molar-refractivity contribution in [2.75, 3.05) is 13.1 Å². The molecule has 146 valence electrons. The predicted molar refractivity (Wildman–Crippen MR) is 106 cm³/mol. The molecule has 2 aliphatic rings. The number of nitrogens with zero attached hydrogens (tertiary/aromatic N) is 1. The maximum atomic E-state index is 13.1. The molecule has 2 atom stereocenters. The van der Waals surface area contributed by atoms with E-state index < -0.39 is 11.9 Å². The normalized spacial score (nSPS) is 22.4. The molecule has 2 aromatic rings. The van der Waals surface area contributed by atoms with Gasteiger partial charge in [-0.1, -0.05) is 36.4 Å². The van der Waals surface area contributed by atoms with Gasteiger partial charge in [0, 0.05) is 24.6 Å². The molecule has 5 heteroatoms. The second kappa shape index (κ2) is 8.05. The average molecular weight is 379 g/mol. The summed E-state index contributed by atoms with van der Waals surface area (Å²) in [4.78, 5) is 26.5. The number of carbonyl (C=O) groups is 2. The predicted octanol–water partition coefficient (Wildman–Crippen LogP) is 3.95. The van der Waals surface area contributed by atoms with Gasteiger partial charge in [0.25, 0.3) is 5.91 Å². The van der Waals surface area contributed by atoms with Crippen molar-refractivity contribution in [3.8, 4) is 5.75 Å². The largest absolute Gasteiger partial charge is 0.490 e. The molecule has 2 aromatic carbocycles. The van der Waals surface area contributed by atoms with Gasteiger partial charge in [-0.25, -0.2) is 0 Å². The van der Waals surface area contributed by atoms with Crippen LogP contribution in [0.1, 0.15) is 47.5 Å². The summed E-state index contributed by atoms with van der Waals surface area (Å²) in [5.74, 6) is -1.07. The highest BCUT2D eigenvalue weighted by molar-refractivity contribution is 5.95. The van der Waals surface area contributed by atoms with E-state index in [1.165, 1.54) is 12.8 Å². The maximum absolute atomic E-state index is 13.1. The molecule has 1 aliphatic carbocycles. The molecule has 1 saturated heterocycles. The van der Waals surface area contributed by atoms with Gasteiger partial charge in [0.1, 0.15) is 5.75 Å². The number of carboxylic acids is 1. The molecule has 1 heterocycles. The third kappa shape index (κ3) is 3.88. The molecule has 5 nitrogen and oxygen atoms in total. The molecular formula is C23H25NO4. The van der Waals surface area contributed by atoms with Gasteiger partial charge in [0.15, 0.2) is 0 Å². The Morgan fingerprint density at radius 2 is 1.71 bits per heavy atom. The van der Waals surface area contributed by atoms with Crippen LogP contribution < -0.4 is 4.74 Å². The molecule has 2 fully saturated rings. The summed E-state index contributed by atoms with van der Waals surface area (Å²) in [5.41, 5.74) is 1.51. The first-order chi connectivity index (χ1) is 13.6. The van der Waals surface area contributed by atoms with Crippen LogP contribution in [-0.2, 0) is 4.79 Å². The van der Waals surface area contributed by atoms with Crippen LogP contribution in [-0.4, -0.2) is 41.1 Å². The molecular weight excluding hydrogens is 354 g/mol. The molecule has 1 aliphatic heterocycles. The van der Waals surface area contributed by atoms with E-state index in [9.17, 15) is 14.7 Å². The Kier molecular flexibility index (Phi) is 5.33. The monoisotopic (exact) mass is 379 g/mol. The first-order valence-corrected chi connectivity index (χ1v) is 9.95. The summed E-state index contributed by atoms with van der Waals surface area (Å²) in [7, 11) is 0. The molecule has 0 aromatic heterocycles. The number of carboxylic acid groups (broad SMARTS) is 1. The number of carbonyl (C=O) groups excluding carboxylic acids is 1. The van der Waals surface area contributed by atoms with Gasteiger partial charge in [0.05, 0.1) is 12.0 Å². The Labute approximate surface area is 164 Å². The first kappa shape index (κ1) is 18.5. The van der Waals surface area contributed by atoms with Crippen molar-refractivity contribution in [3.63, 3.8) is 0 Å². The number of amides is 1. The number of rotatable bonds is 5. The summed E-state index contributed by atoms with van der Waals surface area (Å²) < 4.78 is 6.01. The smallest absolute Gasteiger partial charge is 0.308 e. The lowest BCUT2D eigenvalue weighted by Crippen LogP contribution is -2.30. The lowest BCUT2D eigenvalue weighted by atomic mass is 9.89. The van der Waals surface area contributed by atoms with E-state index >= 15 is 0 Å². The van der Waals surface area contributed by atoms with E-state index in [1.807, 2.05) is 42.5 Å². The third-order valence-corrected chi connectivity index (χ3v) is 5.84. The number of hydrogen-bond donors (Lipinski definition) is 1. The Hall–Kier alpha value is -2.82. The van der Waals surface area contributed by atoms with E-state index in [4.69, 9.17) is 4.74 Å². The Bertz CT molecular complexity index is 845. The minimum absolute atomic E-state index is 0.137. The van der Waals surface area contributed by atoms with E-state index in [-0.39, 0.29) is 24.5 Å². The van der Waals surface area contributed by atoms with Crippen molar-refractivity contribution < 1.29 is 19.4 Å². The highest BCUT2D eigenvalue weighted by Crippen LogP contribution is 2.34. The van der Waals surface area contributed by atoms with Gasteiger partial charge >= 0.3 is 5.97 Å². The Balaban J connectivity index is 1.51. The molecule has 4 rings (SSSR count). The minimum atomic E-state index is -0.859. The lowest BCUT2D eigenvalue weighted by molar-refractivity contribution is -0.141. The van der Waals surface area contributed by atoms with Gasteiger partial charge in [-0.3, -0.25) is 9.59 Å². The Morgan fingerprint density at radius 1 is 0.964 bits per heavy atom. The topological polar surface area (TPSA) is 66.8 Å². The van der Waals surface area contributed by atoms with Crippen LogP contribution in [0.25, 0.3) is 0 Å². The molecule has 28 heavy (non-hydrogen) atoms. The maximum Gasteiger partial charge on any atom is 0.308 e.